The third-order valence-electron chi connectivity index (χ3n) is 3.02. The fourth-order valence-corrected chi connectivity index (χ4v) is 1.89. The van der Waals surface area contributed by atoms with Crippen molar-refractivity contribution in [1.29, 1.82) is 5.26 Å². The van der Waals surface area contributed by atoms with Crippen molar-refractivity contribution in [3.63, 3.8) is 0 Å². The first kappa shape index (κ1) is 14.6. The van der Waals surface area contributed by atoms with Gasteiger partial charge in [-0.15, -0.1) is 0 Å². The smallest absolute Gasteiger partial charge is 0.415 e. The van der Waals surface area contributed by atoms with Crippen LogP contribution in [-0.4, -0.2) is 48.0 Å². The van der Waals surface area contributed by atoms with Gasteiger partial charge >= 0.3 is 6.18 Å². The van der Waals surface area contributed by atoms with Crippen LogP contribution in [0.1, 0.15) is 5.56 Å². The summed E-state index contributed by atoms with van der Waals surface area (Å²) in [4.78, 5) is 1.48. The Bertz CT molecular complexity index is 490. The molecule has 0 aromatic heterocycles. The van der Waals surface area contributed by atoms with E-state index in [4.69, 9.17) is 15.1 Å². The Morgan fingerprint density at radius 3 is 2.45 bits per heavy atom. The Kier molecular flexibility index (Phi) is 4.16. The summed E-state index contributed by atoms with van der Waals surface area (Å²) in [6.45, 7) is 0.247. The molecule has 20 heavy (non-hydrogen) atoms. The summed E-state index contributed by atoms with van der Waals surface area (Å²) in [5.41, 5.74) is 0.515. The van der Waals surface area contributed by atoms with E-state index in [9.17, 15) is 13.2 Å². The van der Waals surface area contributed by atoms with E-state index < -0.39 is 18.8 Å². The van der Waals surface area contributed by atoms with Crippen molar-refractivity contribution in [1.82, 2.24) is 4.90 Å². The third-order valence-corrected chi connectivity index (χ3v) is 3.02. The van der Waals surface area contributed by atoms with Crippen LogP contribution in [0.2, 0.25) is 0 Å². The predicted molar refractivity (Wildman–Crippen MR) is 64.1 cm³/mol. The monoisotopic (exact) mass is 286 g/mol. The van der Waals surface area contributed by atoms with Crippen LogP contribution in [0.15, 0.2) is 24.3 Å². The van der Waals surface area contributed by atoms with Gasteiger partial charge in [0, 0.05) is 19.6 Å². The van der Waals surface area contributed by atoms with E-state index in [2.05, 4.69) is 0 Å². The number of alkyl halides is 3. The molecule has 7 heteroatoms. The number of benzene rings is 1. The zero-order valence-corrected chi connectivity index (χ0v) is 10.5. The van der Waals surface area contributed by atoms with E-state index >= 15 is 0 Å². The van der Waals surface area contributed by atoms with Gasteiger partial charge in [-0.25, -0.2) is 0 Å². The molecule has 1 aliphatic rings. The van der Waals surface area contributed by atoms with Crippen LogP contribution >= 0.6 is 0 Å². The van der Waals surface area contributed by atoms with Crippen molar-refractivity contribution >= 4 is 0 Å². The number of rotatable bonds is 4. The molecule has 1 fully saturated rings. The number of likely N-dealkylation sites (tertiary alicyclic amines) is 1. The van der Waals surface area contributed by atoms with Crippen molar-refractivity contribution in [2.75, 3.05) is 19.6 Å². The quantitative estimate of drug-likeness (QED) is 0.912. The minimum atomic E-state index is -4.58. The molecule has 108 valence electrons. The van der Waals surface area contributed by atoms with E-state index in [0.717, 1.165) is 0 Å². The average Bonchev–Trinajstić information content (AvgIpc) is 2.35. The molecular weight excluding hydrogens is 273 g/mol. The number of ether oxygens (including phenoxy) is 1. The largest absolute Gasteiger partial charge is 0.488 e. The summed E-state index contributed by atoms with van der Waals surface area (Å²) in [6, 6.07) is 8.49. The second-order valence-electron chi connectivity index (χ2n) is 4.65. The lowest BCUT2D eigenvalue weighted by molar-refractivity contribution is -0.212. The molecule has 0 radical (unpaired) electrons. The molecule has 0 unspecified atom stereocenters. The van der Waals surface area contributed by atoms with Gasteiger partial charge in [-0.2, -0.15) is 18.4 Å². The number of hydrogen-bond acceptors (Lipinski definition) is 4. The average molecular weight is 286 g/mol. The van der Waals surface area contributed by atoms with Crippen LogP contribution in [0.5, 0.6) is 5.75 Å². The number of halogens is 3. The SMILES string of the molecule is N#Cc1ccc(OC2CN(C[C@@H](O)C(F)(F)F)C2)cc1. The highest BCUT2D eigenvalue weighted by Gasteiger charge is 2.41. The molecule has 1 aliphatic heterocycles. The lowest BCUT2D eigenvalue weighted by Gasteiger charge is -2.40. The fraction of sp³-hybridized carbons (Fsp3) is 0.462. The minimum Gasteiger partial charge on any atom is -0.488 e. The first-order valence-corrected chi connectivity index (χ1v) is 6.02. The second-order valence-corrected chi connectivity index (χ2v) is 4.65. The molecule has 0 aliphatic carbocycles. The Labute approximate surface area is 114 Å². The normalized spacial score (nSPS) is 18.1. The molecular formula is C13H13F3N2O2. The molecule has 1 N–H and O–H groups in total. The Morgan fingerprint density at radius 2 is 1.95 bits per heavy atom. The summed E-state index contributed by atoms with van der Waals surface area (Å²) in [7, 11) is 0. The number of hydrogen-bond donors (Lipinski definition) is 1. The van der Waals surface area contributed by atoms with Gasteiger partial charge in [-0.05, 0) is 24.3 Å². The van der Waals surface area contributed by atoms with Crippen molar-refractivity contribution in [2.24, 2.45) is 0 Å². The number of β-amino-alcohol motifs (C(OH)–C–C–N with tert-alkyl or cyclic N) is 1. The molecule has 1 saturated heterocycles. The van der Waals surface area contributed by atoms with Crippen LogP contribution in [0.3, 0.4) is 0 Å². The number of nitrogens with zero attached hydrogens (tertiary/aromatic N) is 2. The van der Waals surface area contributed by atoms with E-state index in [1.165, 1.54) is 4.90 Å². The maximum atomic E-state index is 12.2. The number of nitriles is 1. The zero-order chi connectivity index (χ0) is 14.8. The molecule has 1 aromatic carbocycles. The molecule has 0 bridgehead atoms. The topological polar surface area (TPSA) is 56.5 Å². The van der Waals surface area contributed by atoms with Crippen molar-refractivity contribution in [3.05, 3.63) is 29.8 Å². The summed E-state index contributed by atoms with van der Waals surface area (Å²) in [5.74, 6) is 0.574. The van der Waals surface area contributed by atoms with Crippen molar-refractivity contribution < 1.29 is 23.0 Å². The van der Waals surface area contributed by atoms with Crippen molar-refractivity contribution in [3.8, 4) is 11.8 Å². The highest BCUT2D eigenvalue weighted by molar-refractivity contribution is 5.34. The predicted octanol–water partition coefficient (Wildman–Crippen LogP) is 1.54. The van der Waals surface area contributed by atoms with Crippen LogP contribution in [0, 0.1) is 11.3 Å². The maximum absolute atomic E-state index is 12.2. The lowest BCUT2D eigenvalue weighted by Crippen LogP contribution is -2.57. The van der Waals surface area contributed by atoms with Gasteiger partial charge in [0.25, 0.3) is 0 Å². The van der Waals surface area contributed by atoms with Gasteiger partial charge in [0.05, 0.1) is 11.6 Å². The van der Waals surface area contributed by atoms with E-state index in [1.807, 2.05) is 6.07 Å². The van der Waals surface area contributed by atoms with Crippen LogP contribution < -0.4 is 4.74 Å². The third kappa shape index (κ3) is 3.62. The Balaban J connectivity index is 1.75. The zero-order valence-electron chi connectivity index (χ0n) is 10.5. The van der Waals surface area contributed by atoms with Crippen molar-refractivity contribution in [2.45, 2.75) is 18.4 Å². The molecule has 0 amide bonds. The van der Waals surface area contributed by atoms with Crippen LogP contribution in [0.4, 0.5) is 13.2 Å². The summed E-state index contributed by atoms with van der Waals surface area (Å²) >= 11 is 0. The molecule has 1 aromatic rings. The summed E-state index contributed by atoms with van der Waals surface area (Å²) in [5, 5.41) is 17.6. The van der Waals surface area contributed by atoms with Gasteiger partial charge in [0.1, 0.15) is 11.9 Å². The molecule has 1 heterocycles. The van der Waals surface area contributed by atoms with E-state index in [1.54, 1.807) is 24.3 Å². The first-order chi connectivity index (χ1) is 9.38. The van der Waals surface area contributed by atoms with Gasteiger partial charge in [0.2, 0.25) is 0 Å². The molecule has 2 rings (SSSR count). The first-order valence-electron chi connectivity index (χ1n) is 6.02. The van der Waals surface area contributed by atoms with Gasteiger partial charge in [-0.3, -0.25) is 4.90 Å². The maximum Gasteiger partial charge on any atom is 0.415 e. The van der Waals surface area contributed by atoms with Gasteiger partial charge in [-0.1, -0.05) is 0 Å². The standard InChI is InChI=1S/C13H13F3N2O2/c14-13(15,16)12(19)8-18-6-11(7-18)20-10-3-1-9(5-17)2-4-10/h1-4,11-12,19H,6-8H2/t12-/m1/s1. The fourth-order valence-electron chi connectivity index (χ4n) is 1.89. The highest BCUT2D eigenvalue weighted by atomic mass is 19.4. The number of aliphatic hydroxyl groups excluding tert-OH is 1. The molecule has 0 spiro atoms. The lowest BCUT2D eigenvalue weighted by atomic mass is 10.1. The van der Waals surface area contributed by atoms with Gasteiger partial charge in [0.15, 0.2) is 6.10 Å². The van der Waals surface area contributed by atoms with Crippen LogP contribution in [-0.2, 0) is 0 Å². The summed E-state index contributed by atoms with van der Waals surface area (Å²) < 4.78 is 42.0. The Morgan fingerprint density at radius 1 is 1.35 bits per heavy atom. The molecule has 4 nitrogen and oxygen atoms in total. The van der Waals surface area contributed by atoms with E-state index in [0.29, 0.717) is 24.4 Å². The highest BCUT2D eigenvalue weighted by Crippen LogP contribution is 2.24. The van der Waals surface area contributed by atoms with E-state index in [-0.39, 0.29) is 6.10 Å². The number of aliphatic hydroxyl groups is 1. The van der Waals surface area contributed by atoms with Gasteiger partial charge < -0.3 is 9.84 Å². The Hall–Kier alpha value is -1.78. The summed E-state index contributed by atoms with van der Waals surface area (Å²) in [6.07, 6.45) is -7.10. The van der Waals surface area contributed by atoms with Crippen LogP contribution in [0.25, 0.3) is 0 Å². The second kappa shape index (κ2) is 5.69. The molecule has 0 saturated carbocycles. The molecule has 1 atom stereocenters. The minimum absolute atomic E-state index is 0.191.